The summed E-state index contributed by atoms with van der Waals surface area (Å²) >= 11 is 0. The summed E-state index contributed by atoms with van der Waals surface area (Å²) in [6, 6.07) is 0. The van der Waals surface area contributed by atoms with Crippen molar-refractivity contribution in [2.75, 3.05) is 52.9 Å². The van der Waals surface area contributed by atoms with Crippen LogP contribution >= 0.6 is 0 Å². The number of rotatable bonds is 9. The van der Waals surface area contributed by atoms with Crippen LogP contribution in [0.25, 0.3) is 0 Å². The van der Waals surface area contributed by atoms with Crippen molar-refractivity contribution < 1.29 is 21.6 Å². The second kappa shape index (κ2) is 11.1. The number of piperidine rings is 1. The van der Waals surface area contributed by atoms with E-state index in [0.717, 1.165) is 32.6 Å². The van der Waals surface area contributed by atoms with E-state index in [1.165, 1.54) is 0 Å². The van der Waals surface area contributed by atoms with Gasteiger partial charge in [-0.15, -0.1) is 0 Å². The summed E-state index contributed by atoms with van der Waals surface area (Å²) in [4.78, 5) is 6.48. The zero-order valence-corrected chi connectivity index (χ0v) is 17.2. The molecule has 1 rings (SSSR count). The maximum Gasteiger partial charge on any atom is 0.511 e. The number of hydrogen-bond acceptors (Lipinski definition) is 4. The lowest BCUT2D eigenvalue weighted by Gasteiger charge is -2.31. The van der Waals surface area contributed by atoms with E-state index >= 15 is 0 Å². The first-order valence-corrected chi connectivity index (χ1v) is 10.8. The lowest BCUT2D eigenvalue weighted by Crippen LogP contribution is -2.47. The SMILES string of the molecule is CCN(CC)CCCNC(=NC)NCC1CCN(S(=O)(=O)C(F)(F)F)CC1. The molecule has 0 aromatic carbocycles. The molecule has 0 amide bonds. The molecule has 0 bridgehead atoms. The van der Waals surface area contributed by atoms with E-state index in [0.29, 0.717) is 29.7 Å². The molecule has 0 aliphatic carbocycles. The van der Waals surface area contributed by atoms with Crippen LogP contribution in [-0.4, -0.2) is 82.0 Å². The van der Waals surface area contributed by atoms with Gasteiger partial charge >= 0.3 is 15.5 Å². The molecule has 1 aliphatic rings. The number of halogens is 3. The first-order valence-electron chi connectivity index (χ1n) is 9.39. The Bertz CT molecular complexity index is 557. The van der Waals surface area contributed by atoms with Crippen molar-refractivity contribution in [3.63, 3.8) is 0 Å². The molecule has 1 fully saturated rings. The van der Waals surface area contributed by atoms with Gasteiger partial charge in [0.1, 0.15) is 0 Å². The third-order valence-electron chi connectivity index (χ3n) is 4.83. The Labute approximate surface area is 160 Å². The summed E-state index contributed by atoms with van der Waals surface area (Å²) < 4.78 is 61.1. The minimum absolute atomic E-state index is 0.107. The second-order valence-corrected chi connectivity index (χ2v) is 8.48. The van der Waals surface area contributed by atoms with Crippen molar-refractivity contribution in [1.29, 1.82) is 0 Å². The number of guanidine groups is 1. The predicted molar refractivity (Wildman–Crippen MR) is 101 cm³/mol. The molecule has 0 atom stereocenters. The van der Waals surface area contributed by atoms with Gasteiger partial charge in [0.05, 0.1) is 0 Å². The summed E-state index contributed by atoms with van der Waals surface area (Å²) in [5.74, 6) is 0.763. The Hall–Kier alpha value is -1.07. The molecule has 0 aromatic heterocycles. The third-order valence-corrected chi connectivity index (χ3v) is 6.46. The van der Waals surface area contributed by atoms with Crippen LogP contribution in [0.1, 0.15) is 33.1 Å². The molecule has 0 spiro atoms. The van der Waals surface area contributed by atoms with Gasteiger partial charge in [0.15, 0.2) is 5.96 Å². The van der Waals surface area contributed by atoms with Crippen LogP contribution in [0.3, 0.4) is 0 Å². The quantitative estimate of drug-likeness (QED) is 0.339. The van der Waals surface area contributed by atoms with Crippen molar-refractivity contribution in [2.45, 2.75) is 38.6 Å². The van der Waals surface area contributed by atoms with E-state index in [9.17, 15) is 21.6 Å². The largest absolute Gasteiger partial charge is 0.511 e. The van der Waals surface area contributed by atoms with E-state index < -0.39 is 15.5 Å². The summed E-state index contributed by atoms with van der Waals surface area (Å²) in [6.45, 7) is 8.41. The smallest absolute Gasteiger partial charge is 0.356 e. The standard InChI is InChI=1S/C16H32F3N5O2S/c1-4-23(5-2)10-6-9-21-15(20-3)22-13-14-7-11-24(12-8-14)27(25,26)16(17,18)19/h14H,4-13H2,1-3H3,(H2,20,21,22). The van der Waals surface area contributed by atoms with Crippen LogP contribution in [0, 0.1) is 5.92 Å². The van der Waals surface area contributed by atoms with E-state index in [-0.39, 0.29) is 19.0 Å². The zero-order chi connectivity index (χ0) is 20.5. The number of aliphatic imine (C=N–C) groups is 1. The fourth-order valence-corrected chi connectivity index (χ4v) is 4.00. The summed E-state index contributed by atoms with van der Waals surface area (Å²) in [6.07, 6.45) is 1.76. The van der Waals surface area contributed by atoms with Crippen LogP contribution in [0.4, 0.5) is 13.2 Å². The maximum atomic E-state index is 12.6. The van der Waals surface area contributed by atoms with Gasteiger partial charge in [0.25, 0.3) is 0 Å². The summed E-state index contributed by atoms with van der Waals surface area (Å²) in [5.41, 5.74) is -5.23. The van der Waals surface area contributed by atoms with E-state index in [1.54, 1.807) is 7.05 Å². The molecule has 0 unspecified atom stereocenters. The Balaban J connectivity index is 2.32. The molecule has 1 saturated heterocycles. The normalized spacial score (nSPS) is 18.1. The molecule has 0 radical (unpaired) electrons. The Morgan fingerprint density at radius 2 is 1.78 bits per heavy atom. The number of hydrogen-bond donors (Lipinski definition) is 2. The Kier molecular flexibility index (Phi) is 9.82. The van der Waals surface area contributed by atoms with Gasteiger partial charge in [-0.2, -0.15) is 17.5 Å². The first-order chi connectivity index (χ1) is 12.7. The molecular formula is C16H32F3N5O2S. The monoisotopic (exact) mass is 415 g/mol. The fourth-order valence-electron chi connectivity index (χ4n) is 3.01. The van der Waals surface area contributed by atoms with Crippen molar-refractivity contribution in [3.05, 3.63) is 0 Å². The maximum absolute atomic E-state index is 12.6. The topological polar surface area (TPSA) is 77.0 Å². The highest BCUT2D eigenvalue weighted by Gasteiger charge is 2.50. The minimum Gasteiger partial charge on any atom is -0.356 e. The lowest BCUT2D eigenvalue weighted by molar-refractivity contribution is -0.0496. The summed E-state index contributed by atoms with van der Waals surface area (Å²) in [5, 5.41) is 6.40. The molecule has 2 N–H and O–H groups in total. The second-order valence-electron chi connectivity index (χ2n) is 6.55. The lowest BCUT2D eigenvalue weighted by atomic mass is 9.98. The molecule has 0 saturated carbocycles. The molecular weight excluding hydrogens is 383 g/mol. The van der Waals surface area contributed by atoms with Gasteiger partial charge in [-0.25, -0.2) is 8.42 Å². The van der Waals surface area contributed by atoms with Gasteiger partial charge in [0.2, 0.25) is 0 Å². The Morgan fingerprint density at radius 3 is 2.26 bits per heavy atom. The number of alkyl halides is 3. The van der Waals surface area contributed by atoms with Crippen LogP contribution < -0.4 is 10.6 Å². The van der Waals surface area contributed by atoms with E-state index in [4.69, 9.17) is 0 Å². The minimum atomic E-state index is -5.23. The molecule has 0 aromatic rings. The number of nitrogens with one attached hydrogen (secondary N) is 2. The van der Waals surface area contributed by atoms with E-state index in [1.807, 2.05) is 0 Å². The highest BCUT2D eigenvalue weighted by atomic mass is 32.2. The van der Waals surface area contributed by atoms with Crippen LogP contribution in [0.2, 0.25) is 0 Å². The van der Waals surface area contributed by atoms with Gasteiger partial charge in [-0.1, -0.05) is 13.8 Å². The number of nitrogens with zero attached hydrogens (tertiary/aromatic N) is 3. The predicted octanol–water partition coefficient (Wildman–Crippen LogP) is 1.44. The fraction of sp³-hybridized carbons (Fsp3) is 0.938. The highest BCUT2D eigenvalue weighted by Crippen LogP contribution is 2.30. The van der Waals surface area contributed by atoms with Crippen molar-refractivity contribution in [2.24, 2.45) is 10.9 Å². The van der Waals surface area contributed by atoms with Gasteiger partial charge in [0, 0.05) is 33.2 Å². The first kappa shape index (κ1) is 24.0. The van der Waals surface area contributed by atoms with Crippen LogP contribution in [-0.2, 0) is 10.0 Å². The van der Waals surface area contributed by atoms with Crippen molar-refractivity contribution in [3.8, 4) is 0 Å². The summed E-state index contributed by atoms with van der Waals surface area (Å²) in [7, 11) is -3.55. The third kappa shape index (κ3) is 7.46. The van der Waals surface area contributed by atoms with Crippen molar-refractivity contribution in [1.82, 2.24) is 19.8 Å². The molecule has 1 heterocycles. The van der Waals surface area contributed by atoms with Crippen LogP contribution in [0.5, 0.6) is 0 Å². The molecule has 1 aliphatic heterocycles. The highest BCUT2D eigenvalue weighted by molar-refractivity contribution is 7.90. The van der Waals surface area contributed by atoms with Gasteiger partial charge in [-0.05, 0) is 44.8 Å². The Morgan fingerprint density at radius 1 is 1.19 bits per heavy atom. The molecule has 7 nitrogen and oxygen atoms in total. The number of sulfonamides is 1. The van der Waals surface area contributed by atoms with Gasteiger partial charge < -0.3 is 15.5 Å². The molecule has 27 heavy (non-hydrogen) atoms. The van der Waals surface area contributed by atoms with Gasteiger partial charge in [-0.3, -0.25) is 4.99 Å². The molecule has 11 heteroatoms. The zero-order valence-electron chi connectivity index (χ0n) is 16.3. The van der Waals surface area contributed by atoms with Crippen LogP contribution in [0.15, 0.2) is 4.99 Å². The van der Waals surface area contributed by atoms with Crippen molar-refractivity contribution >= 4 is 16.0 Å². The average Bonchev–Trinajstić information content (AvgIpc) is 2.63. The average molecular weight is 416 g/mol. The van der Waals surface area contributed by atoms with E-state index in [2.05, 4.69) is 34.4 Å². The molecule has 160 valence electrons.